The minimum Gasteiger partial charge on any atom is -0.467 e. The number of carbonyl (C=O) groups is 2. The molecule has 0 aromatic heterocycles. The predicted molar refractivity (Wildman–Crippen MR) is 106 cm³/mol. The number of benzene rings is 2. The van der Waals surface area contributed by atoms with Crippen LogP contribution in [-0.4, -0.2) is 24.9 Å². The number of alkyl halides is 3. The van der Waals surface area contributed by atoms with E-state index in [4.69, 9.17) is 4.74 Å². The van der Waals surface area contributed by atoms with Crippen molar-refractivity contribution >= 4 is 17.3 Å². The Morgan fingerprint density at radius 3 is 2.47 bits per heavy atom. The van der Waals surface area contributed by atoms with Gasteiger partial charge in [0.1, 0.15) is 6.04 Å². The molecule has 1 aliphatic carbocycles. The second kappa shape index (κ2) is 8.73. The van der Waals surface area contributed by atoms with Crippen LogP contribution in [0.4, 0.5) is 13.2 Å². The number of esters is 1. The van der Waals surface area contributed by atoms with Crippen LogP contribution in [0.2, 0.25) is 0 Å². The highest BCUT2D eigenvalue weighted by Crippen LogP contribution is 2.41. The Hall–Kier alpha value is -3.09. The number of hydrogen-bond acceptors (Lipinski definition) is 4. The van der Waals surface area contributed by atoms with Crippen molar-refractivity contribution in [1.29, 1.82) is 0 Å². The van der Waals surface area contributed by atoms with Crippen LogP contribution in [0, 0.1) is 0 Å². The van der Waals surface area contributed by atoms with Gasteiger partial charge < -0.3 is 10.1 Å². The SMILES string of the molecule is CCC(NC1=C(c2cccc(C(F)(F)F)c2)C(=O)C(c2ccccc2)C1)C(=O)OC. The fourth-order valence-electron chi connectivity index (χ4n) is 3.66. The van der Waals surface area contributed by atoms with Crippen molar-refractivity contribution in [3.8, 4) is 0 Å². The van der Waals surface area contributed by atoms with Crippen LogP contribution in [0.3, 0.4) is 0 Å². The quantitative estimate of drug-likeness (QED) is 0.692. The molecule has 1 aliphatic rings. The number of Topliss-reactive ketones (excluding diaryl/α,β-unsaturated/α-hetero) is 1. The summed E-state index contributed by atoms with van der Waals surface area (Å²) in [5, 5.41) is 3.06. The third-order valence-corrected chi connectivity index (χ3v) is 5.20. The van der Waals surface area contributed by atoms with E-state index in [0.717, 1.165) is 17.7 Å². The summed E-state index contributed by atoms with van der Waals surface area (Å²) in [6, 6.07) is 13.1. The minimum absolute atomic E-state index is 0.176. The van der Waals surface area contributed by atoms with Gasteiger partial charge in [0.25, 0.3) is 0 Å². The topological polar surface area (TPSA) is 55.4 Å². The maximum Gasteiger partial charge on any atom is 0.416 e. The molecule has 0 aliphatic heterocycles. The lowest BCUT2D eigenvalue weighted by Crippen LogP contribution is -2.36. The summed E-state index contributed by atoms with van der Waals surface area (Å²) in [5.74, 6) is -1.31. The van der Waals surface area contributed by atoms with E-state index in [-0.39, 0.29) is 23.3 Å². The molecule has 3 rings (SSSR count). The molecule has 2 aromatic carbocycles. The molecule has 4 nitrogen and oxygen atoms in total. The van der Waals surface area contributed by atoms with Crippen molar-refractivity contribution in [3.63, 3.8) is 0 Å². The first-order valence-corrected chi connectivity index (χ1v) is 9.60. The van der Waals surface area contributed by atoms with E-state index in [1.165, 1.54) is 19.2 Å². The molecular weight excluding hydrogens is 395 g/mol. The maximum absolute atomic E-state index is 13.3. The molecule has 0 fully saturated rings. The fraction of sp³-hybridized carbons (Fsp3) is 0.304. The summed E-state index contributed by atoms with van der Waals surface area (Å²) >= 11 is 0. The van der Waals surface area contributed by atoms with E-state index in [0.29, 0.717) is 12.1 Å². The molecule has 0 bridgehead atoms. The van der Waals surface area contributed by atoms with Gasteiger partial charge in [0.05, 0.1) is 18.6 Å². The van der Waals surface area contributed by atoms with E-state index in [9.17, 15) is 22.8 Å². The third kappa shape index (κ3) is 4.40. The smallest absolute Gasteiger partial charge is 0.416 e. The monoisotopic (exact) mass is 417 g/mol. The Balaban J connectivity index is 2.07. The molecule has 1 N–H and O–H groups in total. The van der Waals surface area contributed by atoms with Gasteiger partial charge in [0.2, 0.25) is 0 Å². The van der Waals surface area contributed by atoms with Gasteiger partial charge in [-0.1, -0.05) is 49.4 Å². The van der Waals surface area contributed by atoms with Crippen molar-refractivity contribution in [2.24, 2.45) is 0 Å². The number of carbonyl (C=O) groups excluding carboxylic acids is 2. The van der Waals surface area contributed by atoms with Crippen LogP contribution < -0.4 is 5.32 Å². The second-order valence-corrected chi connectivity index (χ2v) is 7.09. The van der Waals surface area contributed by atoms with Crippen molar-refractivity contribution in [2.45, 2.75) is 37.9 Å². The minimum atomic E-state index is -4.53. The highest BCUT2D eigenvalue weighted by atomic mass is 19.4. The van der Waals surface area contributed by atoms with E-state index in [2.05, 4.69) is 5.32 Å². The lowest BCUT2D eigenvalue weighted by atomic mass is 9.92. The molecule has 2 unspecified atom stereocenters. The molecule has 0 heterocycles. The van der Waals surface area contributed by atoms with Crippen LogP contribution in [0.5, 0.6) is 0 Å². The van der Waals surface area contributed by atoms with Gasteiger partial charge in [-0.25, -0.2) is 4.79 Å². The van der Waals surface area contributed by atoms with E-state index in [1.807, 2.05) is 18.2 Å². The van der Waals surface area contributed by atoms with Gasteiger partial charge in [-0.3, -0.25) is 4.79 Å². The van der Waals surface area contributed by atoms with Crippen LogP contribution in [0.25, 0.3) is 5.57 Å². The standard InChI is InChI=1S/C23H22F3NO3/c1-3-18(22(29)30-2)27-19-13-17(14-8-5-4-6-9-14)21(28)20(19)15-10-7-11-16(12-15)23(24,25)26/h4-12,17-18,27H,3,13H2,1-2H3. The van der Waals surface area contributed by atoms with Crippen molar-refractivity contribution in [2.75, 3.05) is 7.11 Å². The van der Waals surface area contributed by atoms with Gasteiger partial charge in [-0.05, 0) is 29.7 Å². The summed E-state index contributed by atoms with van der Waals surface area (Å²) in [6.07, 6.45) is -3.86. The number of nitrogens with one attached hydrogen (secondary N) is 1. The second-order valence-electron chi connectivity index (χ2n) is 7.09. The summed E-state index contributed by atoms with van der Waals surface area (Å²) in [5.41, 5.74) is 0.746. The molecular formula is C23H22F3NO3. The predicted octanol–water partition coefficient (Wildman–Crippen LogP) is 4.71. The summed E-state index contributed by atoms with van der Waals surface area (Å²) in [4.78, 5) is 25.3. The number of rotatable bonds is 6. The molecule has 2 atom stereocenters. The first-order valence-electron chi connectivity index (χ1n) is 9.60. The molecule has 0 spiro atoms. The number of halogens is 3. The van der Waals surface area contributed by atoms with Crippen molar-refractivity contribution in [3.05, 3.63) is 77.0 Å². The average molecular weight is 417 g/mol. The van der Waals surface area contributed by atoms with Crippen molar-refractivity contribution in [1.82, 2.24) is 5.32 Å². The Kier molecular flexibility index (Phi) is 6.29. The van der Waals surface area contributed by atoms with E-state index < -0.39 is 29.7 Å². The number of allylic oxidation sites excluding steroid dienone is 2. The lowest BCUT2D eigenvalue weighted by molar-refractivity contribution is -0.143. The van der Waals surface area contributed by atoms with Crippen LogP contribution in [0.1, 0.15) is 42.4 Å². The van der Waals surface area contributed by atoms with Gasteiger partial charge in [0, 0.05) is 17.7 Å². The Morgan fingerprint density at radius 2 is 1.87 bits per heavy atom. The zero-order chi connectivity index (χ0) is 21.9. The molecule has 30 heavy (non-hydrogen) atoms. The molecule has 2 aromatic rings. The first kappa shape index (κ1) is 21.6. The molecule has 0 radical (unpaired) electrons. The largest absolute Gasteiger partial charge is 0.467 e. The number of ether oxygens (including phenoxy) is 1. The summed E-state index contributed by atoms with van der Waals surface area (Å²) in [6.45, 7) is 1.78. The Morgan fingerprint density at radius 1 is 1.17 bits per heavy atom. The lowest BCUT2D eigenvalue weighted by Gasteiger charge is -2.18. The van der Waals surface area contributed by atoms with Crippen molar-refractivity contribution < 1.29 is 27.5 Å². The molecule has 0 saturated heterocycles. The molecule has 0 saturated carbocycles. The molecule has 158 valence electrons. The fourth-order valence-corrected chi connectivity index (χ4v) is 3.66. The number of ketones is 1. The number of methoxy groups -OCH3 is 1. The Bertz CT molecular complexity index is 967. The third-order valence-electron chi connectivity index (χ3n) is 5.20. The Labute approximate surface area is 172 Å². The highest BCUT2D eigenvalue weighted by Gasteiger charge is 2.37. The molecule has 0 amide bonds. The summed E-state index contributed by atoms with van der Waals surface area (Å²) < 4.78 is 44.5. The van der Waals surface area contributed by atoms with Gasteiger partial charge in [0.15, 0.2) is 5.78 Å². The van der Waals surface area contributed by atoms with E-state index >= 15 is 0 Å². The zero-order valence-corrected chi connectivity index (χ0v) is 16.6. The average Bonchev–Trinajstić information content (AvgIpc) is 3.07. The summed E-state index contributed by atoms with van der Waals surface area (Å²) in [7, 11) is 1.27. The van der Waals surface area contributed by atoms with Gasteiger partial charge in [-0.2, -0.15) is 13.2 Å². The van der Waals surface area contributed by atoms with Crippen LogP contribution in [0.15, 0.2) is 60.3 Å². The molecule has 7 heteroatoms. The van der Waals surface area contributed by atoms with Gasteiger partial charge >= 0.3 is 12.1 Å². The first-order chi connectivity index (χ1) is 14.3. The van der Waals surface area contributed by atoms with E-state index in [1.54, 1.807) is 19.1 Å². The van der Waals surface area contributed by atoms with Crippen LogP contribution >= 0.6 is 0 Å². The zero-order valence-electron chi connectivity index (χ0n) is 16.6. The van der Waals surface area contributed by atoms with Crippen LogP contribution in [-0.2, 0) is 20.5 Å². The maximum atomic E-state index is 13.3. The number of hydrogen-bond donors (Lipinski definition) is 1. The highest BCUT2D eigenvalue weighted by molar-refractivity contribution is 6.26. The van der Waals surface area contributed by atoms with Gasteiger partial charge in [-0.15, -0.1) is 0 Å². The normalized spacial score (nSPS) is 17.8.